The van der Waals surface area contributed by atoms with Crippen LogP contribution < -0.4 is 4.74 Å². The lowest BCUT2D eigenvalue weighted by Crippen LogP contribution is -2.09. The van der Waals surface area contributed by atoms with Crippen LogP contribution >= 0.6 is 0 Å². The van der Waals surface area contributed by atoms with Crippen molar-refractivity contribution in [2.45, 2.75) is 5.75 Å². The van der Waals surface area contributed by atoms with E-state index in [1.54, 1.807) is 0 Å². The van der Waals surface area contributed by atoms with E-state index in [1.165, 1.54) is 25.3 Å². The lowest BCUT2D eigenvalue weighted by atomic mass is 10.1. The van der Waals surface area contributed by atoms with E-state index >= 15 is 0 Å². The second-order valence-electron chi connectivity index (χ2n) is 3.36. The minimum Gasteiger partial charge on any atom is -0.496 e. The van der Waals surface area contributed by atoms with Gasteiger partial charge in [0.05, 0.1) is 18.4 Å². The Kier molecular flexibility index (Phi) is 3.54. The van der Waals surface area contributed by atoms with Crippen LogP contribution in [-0.2, 0) is 15.6 Å². The van der Waals surface area contributed by atoms with Crippen LogP contribution in [0.5, 0.6) is 5.75 Å². The highest BCUT2D eigenvalue weighted by molar-refractivity contribution is 7.89. The first-order valence-corrected chi connectivity index (χ1v) is 6.48. The summed E-state index contributed by atoms with van der Waals surface area (Å²) in [6.45, 7) is 0. The van der Waals surface area contributed by atoms with Crippen molar-refractivity contribution in [1.29, 1.82) is 0 Å². The van der Waals surface area contributed by atoms with Crippen LogP contribution in [0.3, 0.4) is 0 Å². The third kappa shape index (κ3) is 2.96. The topological polar surface area (TPSA) is 80.7 Å². The summed E-state index contributed by atoms with van der Waals surface area (Å²) in [6.07, 6.45) is 1.05. The van der Waals surface area contributed by atoms with Gasteiger partial charge in [0.25, 0.3) is 0 Å². The Bertz CT molecular complexity index is 504. The number of aromatic carboxylic acids is 1. The molecule has 0 aliphatic heterocycles. The smallest absolute Gasteiger partial charge is 0.336 e. The number of carbonyl (C=O) groups is 1. The molecule has 0 unspecified atom stereocenters. The van der Waals surface area contributed by atoms with Crippen molar-refractivity contribution < 1.29 is 23.1 Å². The zero-order valence-electron chi connectivity index (χ0n) is 8.93. The third-order valence-corrected chi connectivity index (χ3v) is 2.80. The molecule has 0 fully saturated rings. The van der Waals surface area contributed by atoms with E-state index in [4.69, 9.17) is 9.84 Å². The maximum Gasteiger partial charge on any atom is 0.336 e. The van der Waals surface area contributed by atoms with Crippen LogP contribution in [-0.4, -0.2) is 32.9 Å². The van der Waals surface area contributed by atoms with Gasteiger partial charge >= 0.3 is 5.97 Å². The highest BCUT2D eigenvalue weighted by Gasteiger charge is 2.18. The summed E-state index contributed by atoms with van der Waals surface area (Å²) in [5, 5.41) is 8.93. The van der Waals surface area contributed by atoms with Crippen molar-refractivity contribution in [3.8, 4) is 5.75 Å². The van der Waals surface area contributed by atoms with Crippen molar-refractivity contribution in [2.24, 2.45) is 0 Å². The lowest BCUT2D eigenvalue weighted by Gasteiger charge is -2.10. The predicted molar refractivity (Wildman–Crippen MR) is 58.5 cm³/mol. The van der Waals surface area contributed by atoms with Gasteiger partial charge < -0.3 is 9.84 Å². The SMILES string of the molecule is COc1cccc(C(=O)O)c1CS(C)(=O)=O. The fraction of sp³-hybridized carbons (Fsp3) is 0.300. The first-order valence-electron chi connectivity index (χ1n) is 4.42. The molecule has 1 aromatic rings. The molecule has 0 spiro atoms. The van der Waals surface area contributed by atoms with Crippen molar-refractivity contribution in [1.82, 2.24) is 0 Å². The van der Waals surface area contributed by atoms with Crippen molar-refractivity contribution in [3.05, 3.63) is 29.3 Å². The maximum absolute atomic E-state index is 11.2. The number of carboxylic acids is 1. The first-order chi connectivity index (χ1) is 7.35. The molecule has 0 aromatic heterocycles. The van der Waals surface area contributed by atoms with Crippen molar-refractivity contribution >= 4 is 15.8 Å². The van der Waals surface area contributed by atoms with Gasteiger partial charge in [0.2, 0.25) is 0 Å². The molecule has 5 nitrogen and oxygen atoms in total. The van der Waals surface area contributed by atoms with Gasteiger partial charge in [-0.15, -0.1) is 0 Å². The van der Waals surface area contributed by atoms with Crippen LogP contribution in [0.15, 0.2) is 18.2 Å². The van der Waals surface area contributed by atoms with Crippen molar-refractivity contribution in [2.75, 3.05) is 13.4 Å². The number of hydrogen-bond donors (Lipinski definition) is 1. The minimum absolute atomic E-state index is 0.0511. The van der Waals surface area contributed by atoms with Gasteiger partial charge in [0, 0.05) is 11.8 Å². The van der Waals surface area contributed by atoms with E-state index in [2.05, 4.69) is 0 Å². The van der Waals surface area contributed by atoms with Gasteiger partial charge in [-0.05, 0) is 12.1 Å². The summed E-state index contributed by atoms with van der Waals surface area (Å²) in [4.78, 5) is 10.9. The number of sulfone groups is 1. The molecule has 6 heteroatoms. The average molecular weight is 244 g/mol. The number of rotatable bonds is 4. The average Bonchev–Trinajstić information content (AvgIpc) is 2.15. The molecule has 0 bridgehead atoms. The molecular formula is C10H12O5S. The molecule has 88 valence electrons. The fourth-order valence-electron chi connectivity index (χ4n) is 1.37. The highest BCUT2D eigenvalue weighted by Crippen LogP contribution is 2.24. The van der Waals surface area contributed by atoms with Gasteiger partial charge in [0.1, 0.15) is 5.75 Å². The molecule has 0 aliphatic rings. The third-order valence-electron chi connectivity index (χ3n) is 1.99. The molecule has 0 aliphatic carbocycles. The molecule has 0 atom stereocenters. The summed E-state index contributed by atoms with van der Waals surface area (Å²) >= 11 is 0. The molecule has 0 heterocycles. The molecule has 0 radical (unpaired) electrons. The molecule has 0 saturated heterocycles. The number of hydrogen-bond acceptors (Lipinski definition) is 4. The Morgan fingerprint density at radius 3 is 2.50 bits per heavy atom. The van der Waals surface area contributed by atoms with Crippen LogP contribution in [0.25, 0.3) is 0 Å². The van der Waals surface area contributed by atoms with Crippen LogP contribution in [0.1, 0.15) is 15.9 Å². The monoisotopic (exact) mass is 244 g/mol. The summed E-state index contributed by atoms with van der Waals surface area (Å²) in [7, 11) is -1.94. The molecule has 1 rings (SSSR count). The van der Waals surface area contributed by atoms with Gasteiger partial charge in [-0.1, -0.05) is 6.07 Å². The summed E-state index contributed by atoms with van der Waals surface area (Å²) < 4.78 is 27.3. The quantitative estimate of drug-likeness (QED) is 0.852. The Balaban J connectivity index is 3.36. The standard InChI is InChI=1S/C10H12O5S/c1-15-9-5-3-4-7(10(11)12)8(9)6-16(2,13)14/h3-5H,6H2,1-2H3,(H,11,12). The number of benzene rings is 1. The number of ether oxygens (including phenoxy) is 1. The van der Waals surface area contributed by atoms with E-state index in [9.17, 15) is 13.2 Å². The van der Waals surface area contributed by atoms with Gasteiger partial charge in [-0.25, -0.2) is 13.2 Å². The summed E-state index contributed by atoms with van der Waals surface area (Å²) in [6, 6.07) is 4.40. The zero-order chi connectivity index (χ0) is 12.3. The zero-order valence-corrected chi connectivity index (χ0v) is 9.74. The van der Waals surface area contributed by atoms with Gasteiger partial charge in [0.15, 0.2) is 9.84 Å². The molecule has 1 aromatic carbocycles. The maximum atomic E-state index is 11.2. The summed E-state index contributed by atoms with van der Waals surface area (Å²) in [5.74, 6) is -1.25. The van der Waals surface area contributed by atoms with E-state index in [-0.39, 0.29) is 22.6 Å². The summed E-state index contributed by atoms with van der Waals surface area (Å²) in [5.41, 5.74) is 0.129. The van der Waals surface area contributed by atoms with Gasteiger partial charge in [-0.2, -0.15) is 0 Å². The normalized spacial score (nSPS) is 11.1. The van der Waals surface area contributed by atoms with Crippen LogP contribution in [0.4, 0.5) is 0 Å². The van der Waals surface area contributed by atoms with Gasteiger partial charge in [-0.3, -0.25) is 0 Å². The van der Waals surface area contributed by atoms with E-state index < -0.39 is 15.8 Å². The Hall–Kier alpha value is -1.56. The molecule has 0 amide bonds. The Morgan fingerprint density at radius 2 is 2.06 bits per heavy atom. The first kappa shape index (κ1) is 12.5. The Labute approximate surface area is 93.6 Å². The van der Waals surface area contributed by atoms with Crippen LogP contribution in [0.2, 0.25) is 0 Å². The molecule has 0 saturated carbocycles. The van der Waals surface area contributed by atoms with E-state index in [1.807, 2.05) is 0 Å². The fourth-order valence-corrected chi connectivity index (χ4v) is 2.19. The largest absolute Gasteiger partial charge is 0.496 e. The van der Waals surface area contributed by atoms with Crippen LogP contribution in [0, 0.1) is 0 Å². The highest BCUT2D eigenvalue weighted by atomic mass is 32.2. The van der Waals surface area contributed by atoms with Crippen molar-refractivity contribution in [3.63, 3.8) is 0 Å². The lowest BCUT2D eigenvalue weighted by molar-refractivity contribution is 0.0695. The van der Waals surface area contributed by atoms with E-state index in [0.717, 1.165) is 6.26 Å². The Morgan fingerprint density at radius 1 is 1.44 bits per heavy atom. The second-order valence-corrected chi connectivity index (χ2v) is 5.50. The molecular weight excluding hydrogens is 232 g/mol. The number of methoxy groups -OCH3 is 1. The minimum atomic E-state index is -3.31. The van der Waals surface area contributed by atoms with E-state index in [0.29, 0.717) is 0 Å². The predicted octanol–water partition coefficient (Wildman–Crippen LogP) is 0.938. The number of carboxylic acid groups (broad SMARTS) is 1. The molecule has 16 heavy (non-hydrogen) atoms. The second kappa shape index (κ2) is 4.52. The molecule has 1 N–H and O–H groups in total.